The quantitative estimate of drug-likeness (QED) is 0.787. The average Bonchev–Trinajstić information content (AvgIpc) is 2.97. The van der Waals surface area contributed by atoms with Crippen LogP contribution in [0.25, 0.3) is 22.4 Å². The highest BCUT2D eigenvalue weighted by atomic mass is 16.5. The number of imidazole rings is 1. The van der Waals surface area contributed by atoms with Crippen LogP contribution in [0.4, 0.5) is 0 Å². The Hall–Kier alpha value is -2.80. The molecule has 3 rings (SSSR count). The zero-order valence-electron chi connectivity index (χ0n) is 11.8. The summed E-state index contributed by atoms with van der Waals surface area (Å²) in [5.74, 6) is 1.57. The second kappa shape index (κ2) is 5.68. The molecule has 0 amide bonds. The maximum Gasteiger partial charge on any atom is 0.138 e. The minimum absolute atomic E-state index is 0.577. The molecule has 0 atom stereocenters. The topological polar surface area (TPSA) is 61.7 Å². The minimum atomic E-state index is 0.577. The van der Waals surface area contributed by atoms with E-state index in [0.29, 0.717) is 17.7 Å². The Morgan fingerprint density at radius 3 is 2.90 bits per heavy atom. The summed E-state index contributed by atoms with van der Waals surface area (Å²) in [5, 5.41) is 9.13. The summed E-state index contributed by atoms with van der Waals surface area (Å²) in [6, 6.07) is 15.5. The highest BCUT2D eigenvalue weighted by Gasteiger charge is 2.09. The van der Waals surface area contributed by atoms with E-state index in [-0.39, 0.29) is 0 Å². The van der Waals surface area contributed by atoms with E-state index in [1.807, 2.05) is 36.4 Å². The van der Waals surface area contributed by atoms with E-state index in [4.69, 9.17) is 10.00 Å². The van der Waals surface area contributed by atoms with Gasteiger partial charge in [-0.1, -0.05) is 25.1 Å². The number of benzene rings is 2. The highest BCUT2D eigenvalue weighted by Crippen LogP contribution is 2.25. The first-order valence-corrected chi connectivity index (χ1v) is 6.94. The SMILES string of the molecule is CCCOc1cccc(-c2nc3c(C#N)cccc3[nH]2)c1. The molecule has 0 aliphatic rings. The van der Waals surface area contributed by atoms with Crippen LogP contribution in [-0.4, -0.2) is 16.6 Å². The fraction of sp³-hybridized carbons (Fsp3) is 0.176. The molecule has 3 aromatic rings. The van der Waals surface area contributed by atoms with Crippen molar-refractivity contribution in [3.63, 3.8) is 0 Å². The third kappa shape index (κ3) is 2.59. The lowest BCUT2D eigenvalue weighted by molar-refractivity contribution is 0.317. The van der Waals surface area contributed by atoms with E-state index < -0.39 is 0 Å². The van der Waals surface area contributed by atoms with Crippen LogP contribution in [0, 0.1) is 11.3 Å². The van der Waals surface area contributed by atoms with Crippen molar-refractivity contribution in [1.82, 2.24) is 9.97 Å². The molecule has 0 aliphatic heterocycles. The molecular formula is C17H15N3O. The number of ether oxygens (including phenoxy) is 1. The Bertz CT molecular complexity index is 814. The predicted molar refractivity (Wildman–Crippen MR) is 82.0 cm³/mol. The summed E-state index contributed by atoms with van der Waals surface area (Å²) in [6.45, 7) is 2.77. The van der Waals surface area contributed by atoms with Gasteiger partial charge in [0.1, 0.15) is 23.2 Å². The Kier molecular flexibility index (Phi) is 3.57. The minimum Gasteiger partial charge on any atom is -0.494 e. The molecule has 4 heteroatoms. The summed E-state index contributed by atoms with van der Waals surface area (Å²) >= 11 is 0. The van der Waals surface area contributed by atoms with Gasteiger partial charge in [-0.25, -0.2) is 4.98 Å². The number of nitrogens with zero attached hydrogens (tertiary/aromatic N) is 2. The highest BCUT2D eigenvalue weighted by molar-refractivity contribution is 5.84. The lowest BCUT2D eigenvalue weighted by Crippen LogP contribution is -1.94. The van der Waals surface area contributed by atoms with Crippen molar-refractivity contribution >= 4 is 11.0 Å². The van der Waals surface area contributed by atoms with Gasteiger partial charge in [0, 0.05) is 5.56 Å². The lowest BCUT2D eigenvalue weighted by Gasteiger charge is -2.05. The van der Waals surface area contributed by atoms with Crippen LogP contribution < -0.4 is 4.74 Å². The van der Waals surface area contributed by atoms with Crippen molar-refractivity contribution in [3.05, 3.63) is 48.0 Å². The fourth-order valence-electron chi connectivity index (χ4n) is 2.21. The van der Waals surface area contributed by atoms with Gasteiger partial charge in [0.25, 0.3) is 0 Å². The van der Waals surface area contributed by atoms with Crippen LogP contribution in [0.1, 0.15) is 18.9 Å². The van der Waals surface area contributed by atoms with Crippen LogP contribution in [0.2, 0.25) is 0 Å². The number of hydrogen-bond acceptors (Lipinski definition) is 3. The maximum atomic E-state index is 9.13. The van der Waals surface area contributed by atoms with E-state index in [1.165, 1.54) is 0 Å². The zero-order chi connectivity index (χ0) is 14.7. The number of aromatic nitrogens is 2. The predicted octanol–water partition coefficient (Wildman–Crippen LogP) is 3.89. The molecule has 0 spiro atoms. The van der Waals surface area contributed by atoms with E-state index in [9.17, 15) is 0 Å². The van der Waals surface area contributed by atoms with Crippen LogP contribution in [0.15, 0.2) is 42.5 Å². The molecule has 0 radical (unpaired) electrons. The molecule has 1 aromatic heterocycles. The number of hydrogen-bond donors (Lipinski definition) is 1. The Labute approximate surface area is 123 Å². The largest absolute Gasteiger partial charge is 0.494 e. The Balaban J connectivity index is 2.02. The van der Waals surface area contributed by atoms with Crippen LogP contribution in [-0.2, 0) is 0 Å². The van der Waals surface area contributed by atoms with E-state index in [0.717, 1.165) is 29.1 Å². The third-order valence-corrected chi connectivity index (χ3v) is 3.21. The monoisotopic (exact) mass is 277 g/mol. The molecule has 104 valence electrons. The van der Waals surface area contributed by atoms with Crippen molar-refractivity contribution in [2.75, 3.05) is 6.61 Å². The molecular weight excluding hydrogens is 262 g/mol. The summed E-state index contributed by atoms with van der Waals surface area (Å²) in [6.07, 6.45) is 0.973. The van der Waals surface area contributed by atoms with Gasteiger partial charge in [0.05, 0.1) is 17.7 Å². The van der Waals surface area contributed by atoms with Crippen molar-refractivity contribution in [2.45, 2.75) is 13.3 Å². The first-order chi connectivity index (χ1) is 10.3. The lowest BCUT2D eigenvalue weighted by atomic mass is 10.2. The van der Waals surface area contributed by atoms with E-state index in [2.05, 4.69) is 23.0 Å². The van der Waals surface area contributed by atoms with Crippen molar-refractivity contribution in [3.8, 4) is 23.2 Å². The van der Waals surface area contributed by atoms with Crippen LogP contribution >= 0.6 is 0 Å². The average molecular weight is 277 g/mol. The molecule has 0 bridgehead atoms. The van der Waals surface area contributed by atoms with Gasteiger partial charge in [-0.05, 0) is 30.7 Å². The Morgan fingerprint density at radius 2 is 2.10 bits per heavy atom. The summed E-state index contributed by atoms with van der Waals surface area (Å²) in [5.41, 5.74) is 3.09. The van der Waals surface area contributed by atoms with Crippen molar-refractivity contribution in [1.29, 1.82) is 5.26 Å². The summed E-state index contributed by atoms with van der Waals surface area (Å²) in [4.78, 5) is 7.79. The van der Waals surface area contributed by atoms with E-state index in [1.54, 1.807) is 6.07 Å². The second-order valence-electron chi connectivity index (χ2n) is 4.78. The normalized spacial score (nSPS) is 10.5. The molecule has 1 N–H and O–H groups in total. The molecule has 0 saturated heterocycles. The number of aromatic amines is 1. The molecule has 0 fully saturated rings. The molecule has 2 aromatic carbocycles. The first kappa shape index (κ1) is 13.2. The number of rotatable bonds is 4. The van der Waals surface area contributed by atoms with Gasteiger partial charge >= 0.3 is 0 Å². The molecule has 0 unspecified atom stereocenters. The molecule has 1 heterocycles. The molecule has 21 heavy (non-hydrogen) atoms. The number of nitrogens with one attached hydrogen (secondary N) is 1. The first-order valence-electron chi connectivity index (χ1n) is 6.94. The summed E-state index contributed by atoms with van der Waals surface area (Å²) in [7, 11) is 0. The van der Waals surface area contributed by atoms with Crippen LogP contribution in [0.3, 0.4) is 0 Å². The van der Waals surface area contributed by atoms with Crippen LogP contribution in [0.5, 0.6) is 5.75 Å². The molecule has 0 saturated carbocycles. The molecule has 4 nitrogen and oxygen atoms in total. The number of nitriles is 1. The Morgan fingerprint density at radius 1 is 1.24 bits per heavy atom. The van der Waals surface area contributed by atoms with E-state index >= 15 is 0 Å². The second-order valence-corrected chi connectivity index (χ2v) is 4.78. The van der Waals surface area contributed by atoms with Gasteiger partial charge in [-0.2, -0.15) is 5.26 Å². The van der Waals surface area contributed by atoms with Crippen molar-refractivity contribution in [2.24, 2.45) is 0 Å². The maximum absolute atomic E-state index is 9.13. The molecule has 0 aliphatic carbocycles. The fourth-order valence-corrected chi connectivity index (χ4v) is 2.21. The van der Waals surface area contributed by atoms with Gasteiger partial charge in [0.15, 0.2) is 0 Å². The van der Waals surface area contributed by atoms with Gasteiger partial charge in [-0.15, -0.1) is 0 Å². The standard InChI is InChI=1S/C17H15N3O/c1-2-9-21-14-7-3-5-12(10-14)17-19-15-8-4-6-13(11-18)16(15)20-17/h3-8,10H,2,9H2,1H3,(H,19,20). The number of para-hydroxylation sites is 1. The third-order valence-electron chi connectivity index (χ3n) is 3.21. The number of fused-ring (bicyclic) bond motifs is 1. The van der Waals surface area contributed by atoms with Gasteiger partial charge in [-0.3, -0.25) is 0 Å². The van der Waals surface area contributed by atoms with Crippen molar-refractivity contribution < 1.29 is 4.74 Å². The zero-order valence-corrected chi connectivity index (χ0v) is 11.8. The number of H-pyrrole nitrogens is 1. The summed E-state index contributed by atoms with van der Waals surface area (Å²) < 4.78 is 5.64. The van der Waals surface area contributed by atoms with Gasteiger partial charge < -0.3 is 9.72 Å². The smallest absolute Gasteiger partial charge is 0.138 e. The van der Waals surface area contributed by atoms with Gasteiger partial charge in [0.2, 0.25) is 0 Å².